The van der Waals surface area contributed by atoms with Gasteiger partial charge in [0.25, 0.3) is 0 Å². The number of hydrogen-bond acceptors (Lipinski definition) is 3. The van der Waals surface area contributed by atoms with Crippen molar-refractivity contribution < 1.29 is 0 Å². The highest BCUT2D eigenvalue weighted by atomic mass is 79.9. The van der Waals surface area contributed by atoms with Crippen molar-refractivity contribution in [1.82, 2.24) is 9.97 Å². The molecule has 0 saturated heterocycles. The van der Waals surface area contributed by atoms with Crippen LogP contribution in [0.5, 0.6) is 0 Å². The number of fused-ring (bicyclic) bond motifs is 1. The fraction of sp³-hybridized carbons (Fsp3) is 0. The van der Waals surface area contributed by atoms with Crippen LogP contribution in [0.1, 0.15) is 0 Å². The zero-order chi connectivity index (χ0) is 12.4. The van der Waals surface area contributed by atoms with Gasteiger partial charge in [0.1, 0.15) is 16.0 Å². The fourth-order valence-electron chi connectivity index (χ4n) is 1.72. The molecule has 3 aromatic rings. The molecule has 2 nitrogen and oxygen atoms in total. The molecule has 0 N–H and O–H groups in total. The second-order valence-corrected chi connectivity index (χ2v) is 5.70. The minimum Gasteiger partial charge on any atom is -0.230 e. The molecule has 0 fully saturated rings. The minimum atomic E-state index is 0.806. The summed E-state index contributed by atoms with van der Waals surface area (Å²) >= 11 is 4.99. The molecule has 0 aliphatic rings. The largest absolute Gasteiger partial charge is 0.230 e. The topological polar surface area (TPSA) is 25.8 Å². The fourth-order valence-corrected chi connectivity index (χ4v) is 3.02. The molecule has 0 unspecified atom stereocenters. The summed E-state index contributed by atoms with van der Waals surface area (Å²) in [5.74, 6) is 0. The van der Waals surface area contributed by atoms with Crippen LogP contribution in [-0.4, -0.2) is 9.97 Å². The summed E-state index contributed by atoms with van der Waals surface area (Å²) in [5, 5.41) is 3.44. The summed E-state index contributed by atoms with van der Waals surface area (Å²) in [6.45, 7) is 0. The average Bonchev–Trinajstić information content (AvgIpc) is 2.39. The van der Waals surface area contributed by atoms with Crippen LogP contribution in [0, 0.1) is 0 Å². The van der Waals surface area contributed by atoms with E-state index in [9.17, 15) is 0 Å². The molecular formula is C14H9BrN2S. The van der Waals surface area contributed by atoms with Crippen molar-refractivity contribution in [3.05, 3.63) is 59.5 Å². The molecule has 3 rings (SSSR count). The van der Waals surface area contributed by atoms with Crippen molar-refractivity contribution in [2.24, 2.45) is 0 Å². The molecule has 0 aliphatic carbocycles. The molecular weight excluding hydrogens is 308 g/mol. The van der Waals surface area contributed by atoms with E-state index in [2.05, 4.69) is 68.4 Å². The lowest BCUT2D eigenvalue weighted by molar-refractivity contribution is 1.03. The molecule has 0 radical (unpaired) electrons. The zero-order valence-electron chi connectivity index (χ0n) is 9.38. The highest BCUT2D eigenvalue weighted by Gasteiger charge is 2.01. The second kappa shape index (κ2) is 5.08. The lowest BCUT2D eigenvalue weighted by atomic mass is 10.1. The molecule has 18 heavy (non-hydrogen) atoms. The summed E-state index contributed by atoms with van der Waals surface area (Å²) in [6.07, 6.45) is 1.56. The van der Waals surface area contributed by atoms with Gasteiger partial charge in [-0.2, -0.15) is 0 Å². The molecule has 0 spiro atoms. The van der Waals surface area contributed by atoms with Crippen LogP contribution in [0.3, 0.4) is 0 Å². The van der Waals surface area contributed by atoms with Gasteiger partial charge in [0.15, 0.2) is 0 Å². The van der Waals surface area contributed by atoms with Crippen LogP contribution in [0.2, 0.25) is 0 Å². The molecule has 1 aromatic heterocycles. The normalized spacial score (nSPS) is 10.7. The molecule has 4 heteroatoms. The van der Waals surface area contributed by atoms with E-state index in [1.165, 1.54) is 15.7 Å². The molecule has 0 saturated carbocycles. The van der Waals surface area contributed by atoms with Gasteiger partial charge in [-0.1, -0.05) is 42.1 Å². The SMILES string of the molecule is Brc1cc(Sc2ccc3ccccc3c2)ncn1. The lowest BCUT2D eigenvalue weighted by Gasteiger charge is -2.03. The van der Waals surface area contributed by atoms with E-state index in [0.29, 0.717) is 0 Å². The van der Waals surface area contributed by atoms with Crippen LogP contribution in [0.4, 0.5) is 0 Å². The first-order valence-electron chi connectivity index (χ1n) is 5.45. The van der Waals surface area contributed by atoms with Crippen molar-refractivity contribution in [1.29, 1.82) is 0 Å². The number of aromatic nitrogens is 2. The zero-order valence-corrected chi connectivity index (χ0v) is 11.8. The van der Waals surface area contributed by atoms with E-state index in [1.807, 2.05) is 6.07 Å². The van der Waals surface area contributed by atoms with E-state index in [1.54, 1.807) is 18.1 Å². The molecule has 0 amide bonds. The summed E-state index contributed by atoms with van der Waals surface area (Å²) in [5.41, 5.74) is 0. The van der Waals surface area contributed by atoms with Gasteiger partial charge in [-0.3, -0.25) is 0 Å². The highest BCUT2D eigenvalue weighted by Crippen LogP contribution is 2.29. The maximum Gasteiger partial charge on any atom is 0.118 e. The Bertz CT molecular complexity index is 700. The third-order valence-electron chi connectivity index (χ3n) is 2.55. The standard InChI is InChI=1S/C14H9BrN2S/c15-13-8-14(17-9-16-13)18-12-6-5-10-3-1-2-4-11(10)7-12/h1-9H. The van der Waals surface area contributed by atoms with E-state index in [-0.39, 0.29) is 0 Å². The number of nitrogens with zero attached hydrogens (tertiary/aromatic N) is 2. The predicted molar refractivity (Wildman–Crippen MR) is 77.8 cm³/mol. The second-order valence-electron chi connectivity index (χ2n) is 3.79. The Kier molecular flexibility index (Phi) is 3.30. The van der Waals surface area contributed by atoms with Crippen molar-refractivity contribution in [2.75, 3.05) is 0 Å². The van der Waals surface area contributed by atoms with Gasteiger partial charge in [0.2, 0.25) is 0 Å². The van der Waals surface area contributed by atoms with Crippen molar-refractivity contribution >= 4 is 38.5 Å². The average molecular weight is 317 g/mol. The van der Waals surface area contributed by atoms with Crippen LogP contribution >= 0.6 is 27.7 Å². The van der Waals surface area contributed by atoms with Crippen molar-refractivity contribution in [3.63, 3.8) is 0 Å². The number of benzene rings is 2. The smallest absolute Gasteiger partial charge is 0.118 e. The molecule has 0 aliphatic heterocycles. The molecule has 0 atom stereocenters. The first-order valence-corrected chi connectivity index (χ1v) is 7.06. The number of rotatable bonds is 2. The molecule has 1 heterocycles. The van der Waals surface area contributed by atoms with Crippen LogP contribution in [-0.2, 0) is 0 Å². The molecule has 0 bridgehead atoms. The van der Waals surface area contributed by atoms with Gasteiger partial charge in [-0.15, -0.1) is 0 Å². The van der Waals surface area contributed by atoms with Gasteiger partial charge in [-0.25, -0.2) is 9.97 Å². The summed E-state index contributed by atoms with van der Waals surface area (Å²) in [4.78, 5) is 9.44. The monoisotopic (exact) mass is 316 g/mol. The Hall–Kier alpha value is -1.39. The van der Waals surface area contributed by atoms with Gasteiger partial charge < -0.3 is 0 Å². The lowest BCUT2D eigenvalue weighted by Crippen LogP contribution is -1.83. The first-order chi connectivity index (χ1) is 8.81. The Balaban J connectivity index is 1.95. The third kappa shape index (κ3) is 2.54. The summed E-state index contributed by atoms with van der Waals surface area (Å²) in [7, 11) is 0. The first kappa shape index (κ1) is 11.7. The van der Waals surface area contributed by atoms with Crippen molar-refractivity contribution in [2.45, 2.75) is 9.92 Å². The van der Waals surface area contributed by atoms with Crippen molar-refractivity contribution in [3.8, 4) is 0 Å². The van der Waals surface area contributed by atoms with E-state index < -0.39 is 0 Å². The van der Waals surface area contributed by atoms with E-state index >= 15 is 0 Å². The van der Waals surface area contributed by atoms with Gasteiger partial charge in [0.05, 0.1) is 0 Å². The minimum absolute atomic E-state index is 0.806. The maximum atomic E-state index is 4.24. The summed E-state index contributed by atoms with van der Waals surface area (Å²) < 4.78 is 0.806. The number of hydrogen-bond donors (Lipinski definition) is 0. The molecule has 2 aromatic carbocycles. The highest BCUT2D eigenvalue weighted by molar-refractivity contribution is 9.10. The predicted octanol–water partition coefficient (Wildman–Crippen LogP) is 4.54. The van der Waals surface area contributed by atoms with Crippen LogP contribution in [0.15, 0.2) is 69.4 Å². The summed E-state index contributed by atoms with van der Waals surface area (Å²) in [6, 6.07) is 16.7. The maximum absolute atomic E-state index is 4.24. The van der Waals surface area contributed by atoms with Crippen LogP contribution < -0.4 is 0 Å². The quantitative estimate of drug-likeness (QED) is 0.649. The Labute approximate surface area is 118 Å². The van der Waals surface area contributed by atoms with Gasteiger partial charge in [0, 0.05) is 11.0 Å². The van der Waals surface area contributed by atoms with E-state index in [0.717, 1.165) is 9.63 Å². The Morgan fingerprint density at radius 1 is 0.889 bits per heavy atom. The third-order valence-corrected chi connectivity index (χ3v) is 3.91. The molecule has 88 valence electrons. The number of halogens is 1. The Morgan fingerprint density at radius 2 is 1.72 bits per heavy atom. The van der Waals surface area contributed by atoms with Gasteiger partial charge in [-0.05, 0) is 38.8 Å². The van der Waals surface area contributed by atoms with Gasteiger partial charge >= 0.3 is 0 Å². The Morgan fingerprint density at radius 3 is 2.56 bits per heavy atom. The van der Waals surface area contributed by atoms with Crippen LogP contribution in [0.25, 0.3) is 10.8 Å². The van der Waals surface area contributed by atoms with E-state index in [4.69, 9.17) is 0 Å².